The van der Waals surface area contributed by atoms with Crippen molar-refractivity contribution < 1.29 is 9.18 Å². The maximum Gasteiger partial charge on any atom is 0.293 e. The first kappa shape index (κ1) is 16.9. The lowest BCUT2D eigenvalue weighted by Crippen LogP contribution is -2.47. The van der Waals surface area contributed by atoms with Crippen molar-refractivity contribution in [2.45, 2.75) is 0 Å². The summed E-state index contributed by atoms with van der Waals surface area (Å²) < 4.78 is 15.2. The van der Waals surface area contributed by atoms with Crippen LogP contribution < -0.4 is 0 Å². The number of carbonyl (C=O) groups excluding carboxylic acids is 1. The van der Waals surface area contributed by atoms with Crippen LogP contribution in [0.15, 0.2) is 41.8 Å². The molecule has 1 aromatic carbocycles. The summed E-state index contributed by atoms with van der Waals surface area (Å²) in [6.07, 6.45) is 0. The second kappa shape index (κ2) is 6.97. The average molecular weight is 371 g/mol. The van der Waals surface area contributed by atoms with E-state index in [0.29, 0.717) is 24.6 Å². The van der Waals surface area contributed by atoms with Crippen molar-refractivity contribution >= 4 is 17.2 Å². The van der Waals surface area contributed by atoms with Crippen LogP contribution in [0.4, 0.5) is 4.39 Å². The molecule has 0 spiro atoms. The second-order valence-corrected chi connectivity index (χ2v) is 7.17. The normalized spacial score (nSPS) is 15.4. The average Bonchev–Trinajstić information content (AvgIpc) is 3.31. The topological polar surface area (TPSA) is 54.3 Å². The van der Waals surface area contributed by atoms with Gasteiger partial charge in [-0.05, 0) is 36.7 Å². The minimum absolute atomic E-state index is 0.141. The van der Waals surface area contributed by atoms with E-state index < -0.39 is 0 Å². The zero-order chi connectivity index (χ0) is 18.1. The lowest BCUT2D eigenvalue weighted by molar-refractivity contribution is 0.0652. The molecule has 4 rings (SSSR count). The Hall–Kier alpha value is -2.58. The fourth-order valence-electron chi connectivity index (χ4n) is 2.91. The fraction of sp³-hybridized carbons (Fsp3) is 0.278. The standard InChI is InChI=1S/C18H18FN5OS/c1-22-7-9-23(10-8-22)18(25)16-20-17(15-6-3-11-26-15)24(21-16)14-5-2-4-13(19)12-14/h2-6,11-12H,7-10H2,1H3. The summed E-state index contributed by atoms with van der Waals surface area (Å²) in [6, 6.07) is 9.95. The van der Waals surface area contributed by atoms with Crippen molar-refractivity contribution in [3.8, 4) is 16.4 Å². The summed E-state index contributed by atoms with van der Waals surface area (Å²) in [5.74, 6) is 0.137. The van der Waals surface area contributed by atoms with Crippen LogP contribution in [0.25, 0.3) is 16.4 Å². The third-order valence-corrected chi connectivity index (χ3v) is 5.25. The third-order valence-electron chi connectivity index (χ3n) is 4.38. The zero-order valence-corrected chi connectivity index (χ0v) is 15.1. The fourth-order valence-corrected chi connectivity index (χ4v) is 3.61. The van der Waals surface area contributed by atoms with Gasteiger partial charge in [0.05, 0.1) is 10.6 Å². The van der Waals surface area contributed by atoms with E-state index in [1.165, 1.54) is 28.2 Å². The van der Waals surface area contributed by atoms with Gasteiger partial charge in [-0.1, -0.05) is 12.1 Å². The van der Waals surface area contributed by atoms with Gasteiger partial charge in [-0.15, -0.1) is 16.4 Å². The number of piperazine rings is 1. The highest BCUT2D eigenvalue weighted by Crippen LogP contribution is 2.26. The third kappa shape index (κ3) is 3.25. The van der Waals surface area contributed by atoms with E-state index in [0.717, 1.165) is 18.0 Å². The lowest BCUT2D eigenvalue weighted by atomic mass is 10.3. The molecule has 2 aromatic heterocycles. The molecule has 134 valence electrons. The van der Waals surface area contributed by atoms with Crippen LogP contribution in [0.5, 0.6) is 0 Å². The van der Waals surface area contributed by atoms with Gasteiger partial charge >= 0.3 is 0 Å². The number of carbonyl (C=O) groups is 1. The SMILES string of the molecule is CN1CCN(C(=O)c2nc(-c3cccs3)n(-c3cccc(F)c3)n2)CC1. The molecule has 0 unspecified atom stereocenters. The first-order valence-corrected chi connectivity index (χ1v) is 9.24. The van der Waals surface area contributed by atoms with Gasteiger partial charge in [0.1, 0.15) is 5.82 Å². The minimum atomic E-state index is -0.359. The molecule has 0 N–H and O–H groups in total. The van der Waals surface area contributed by atoms with Crippen molar-refractivity contribution in [3.63, 3.8) is 0 Å². The first-order chi connectivity index (χ1) is 12.6. The molecule has 6 nitrogen and oxygen atoms in total. The van der Waals surface area contributed by atoms with Crippen LogP contribution in [0.2, 0.25) is 0 Å². The molecular formula is C18H18FN5OS. The predicted octanol–water partition coefficient (Wildman–Crippen LogP) is 2.52. The van der Waals surface area contributed by atoms with Crippen LogP contribution in [0, 0.1) is 5.82 Å². The number of likely N-dealkylation sites (N-methyl/N-ethyl adjacent to an activating group) is 1. The second-order valence-electron chi connectivity index (χ2n) is 6.22. The summed E-state index contributed by atoms with van der Waals surface area (Å²) in [5.41, 5.74) is 0.540. The Labute approximate surface area is 154 Å². The number of aromatic nitrogens is 3. The van der Waals surface area contributed by atoms with Gasteiger partial charge in [0.25, 0.3) is 5.91 Å². The molecule has 8 heteroatoms. The Bertz CT molecular complexity index is 916. The van der Waals surface area contributed by atoms with Gasteiger partial charge in [-0.25, -0.2) is 14.1 Å². The molecule has 1 aliphatic rings. The smallest absolute Gasteiger partial charge is 0.293 e. The summed E-state index contributed by atoms with van der Waals surface area (Å²) in [4.78, 5) is 22.1. The van der Waals surface area contributed by atoms with Crippen molar-refractivity contribution in [1.82, 2.24) is 24.6 Å². The number of nitrogens with zero attached hydrogens (tertiary/aromatic N) is 5. The Kier molecular flexibility index (Phi) is 4.52. The summed E-state index contributed by atoms with van der Waals surface area (Å²) in [6.45, 7) is 2.96. The van der Waals surface area contributed by atoms with E-state index in [4.69, 9.17) is 0 Å². The summed E-state index contributed by atoms with van der Waals surface area (Å²) >= 11 is 1.50. The molecule has 1 saturated heterocycles. The van der Waals surface area contributed by atoms with Gasteiger partial charge in [0, 0.05) is 26.2 Å². The highest BCUT2D eigenvalue weighted by molar-refractivity contribution is 7.13. The monoisotopic (exact) mass is 371 g/mol. The van der Waals surface area contributed by atoms with E-state index in [9.17, 15) is 9.18 Å². The first-order valence-electron chi connectivity index (χ1n) is 8.36. The van der Waals surface area contributed by atoms with Gasteiger partial charge in [0.15, 0.2) is 5.82 Å². The molecular weight excluding hydrogens is 353 g/mol. The van der Waals surface area contributed by atoms with Crippen molar-refractivity contribution in [2.24, 2.45) is 0 Å². The quantitative estimate of drug-likeness (QED) is 0.710. The van der Waals surface area contributed by atoms with Gasteiger partial charge < -0.3 is 9.80 Å². The van der Waals surface area contributed by atoms with Crippen LogP contribution >= 0.6 is 11.3 Å². The maximum atomic E-state index is 13.7. The highest BCUT2D eigenvalue weighted by atomic mass is 32.1. The number of hydrogen-bond acceptors (Lipinski definition) is 5. The number of rotatable bonds is 3. The highest BCUT2D eigenvalue weighted by Gasteiger charge is 2.26. The minimum Gasteiger partial charge on any atom is -0.333 e. The van der Waals surface area contributed by atoms with Crippen LogP contribution in [0.3, 0.4) is 0 Å². The van der Waals surface area contributed by atoms with Gasteiger partial charge in [0.2, 0.25) is 5.82 Å². The molecule has 3 aromatic rings. The molecule has 0 radical (unpaired) electrons. The molecule has 1 aliphatic heterocycles. The number of thiophene rings is 1. The molecule has 1 amide bonds. The van der Waals surface area contributed by atoms with E-state index in [2.05, 4.69) is 15.0 Å². The number of benzene rings is 1. The number of halogens is 1. The maximum absolute atomic E-state index is 13.7. The van der Waals surface area contributed by atoms with Crippen molar-refractivity contribution in [2.75, 3.05) is 33.2 Å². The molecule has 0 atom stereocenters. The molecule has 0 saturated carbocycles. The molecule has 1 fully saturated rings. The largest absolute Gasteiger partial charge is 0.333 e. The van der Waals surface area contributed by atoms with E-state index in [-0.39, 0.29) is 17.5 Å². The zero-order valence-electron chi connectivity index (χ0n) is 14.3. The van der Waals surface area contributed by atoms with E-state index in [1.807, 2.05) is 24.6 Å². The Morgan fingerprint density at radius 1 is 1.15 bits per heavy atom. The predicted molar refractivity (Wildman–Crippen MR) is 98.0 cm³/mol. The van der Waals surface area contributed by atoms with Crippen molar-refractivity contribution in [3.05, 3.63) is 53.4 Å². The van der Waals surface area contributed by atoms with E-state index in [1.54, 1.807) is 17.0 Å². The summed E-state index contributed by atoms with van der Waals surface area (Å²) in [5, 5.41) is 6.34. The molecule has 0 bridgehead atoms. The number of hydrogen-bond donors (Lipinski definition) is 0. The van der Waals surface area contributed by atoms with Gasteiger partial charge in [-0.3, -0.25) is 4.79 Å². The van der Waals surface area contributed by atoms with Crippen molar-refractivity contribution in [1.29, 1.82) is 0 Å². The molecule has 3 heterocycles. The van der Waals surface area contributed by atoms with Crippen LogP contribution in [-0.4, -0.2) is 63.7 Å². The van der Waals surface area contributed by atoms with E-state index >= 15 is 0 Å². The molecule has 26 heavy (non-hydrogen) atoms. The lowest BCUT2D eigenvalue weighted by Gasteiger charge is -2.31. The Morgan fingerprint density at radius 3 is 2.65 bits per heavy atom. The van der Waals surface area contributed by atoms with Crippen LogP contribution in [-0.2, 0) is 0 Å². The number of amides is 1. The summed E-state index contributed by atoms with van der Waals surface area (Å²) in [7, 11) is 2.04. The Balaban J connectivity index is 1.73. The molecule has 0 aliphatic carbocycles. The van der Waals surface area contributed by atoms with Crippen LogP contribution in [0.1, 0.15) is 10.6 Å². The van der Waals surface area contributed by atoms with Gasteiger partial charge in [-0.2, -0.15) is 0 Å². The Morgan fingerprint density at radius 2 is 1.96 bits per heavy atom.